The van der Waals surface area contributed by atoms with Crippen LogP contribution in [0.25, 0.3) is 0 Å². The van der Waals surface area contributed by atoms with Gasteiger partial charge in [0.2, 0.25) is 0 Å². The van der Waals surface area contributed by atoms with Crippen LogP contribution in [0.3, 0.4) is 0 Å². The van der Waals surface area contributed by atoms with Gasteiger partial charge in [-0.2, -0.15) is 0 Å². The highest BCUT2D eigenvalue weighted by atomic mass is 79.9. The maximum atomic E-state index is 5.72. The van der Waals surface area contributed by atoms with Gasteiger partial charge in [-0.05, 0) is 24.6 Å². The molecule has 0 aliphatic rings. The highest BCUT2D eigenvalue weighted by Gasteiger charge is 2.08. The Balaban J connectivity index is 2.04. The molecule has 18 heavy (non-hydrogen) atoms. The fourth-order valence-electron chi connectivity index (χ4n) is 1.64. The number of halogens is 1. The maximum Gasteiger partial charge on any atom is 0.103 e. The van der Waals surface area contributed by atoms with Crippen LogP contribution in [-0.2, 0) is 18.7 Å². The van der Waals surface area contributed by atoms with Crippen molar-refractivity contribution in [2.75, 3.05) is 0 Å². The molecule has 2 nitrogen and oxygen atoms in total. The van der Waals surface area contributed by atoms with E-state index in [2.05, 4.69) is 46.0 Å². The minimum absolute atomic E-state index is 0.600. The minimum atomic E-state index is 0.600. The summed E-state index contributed by atoms with van der Waals surface area (Å²) < 4.78 is 1.11. The Morgan fingerprint density at radius 2 is 2.28 bits per heavy atom. The molecule has 0 radical (unpaired) electrons. The van der Waals surface area contributed by atoms with Gasteiger partial charge in [0.05, 0.1) is 11.4 Å². The number of aromatic nitrogens is 1. The summed E-state index contributed by atoms with van der Waals surface area (Å²) in [5.41, 5.74) is 6.88. The molecular weight excluding hydrogens is 328 g/mol. The zero-order valence-corrected chi connectivity index (χ0v) is 13.4. The molecule has 2 aromatic rings. The molecule has 0 aliphatic heterocycles. The Bertz CT molecular complexity index is 504. The van der Waals surface area contributed by atoms with Crippen molar-refractivity contribution >= 4 is 39.0 Å². The van der Waals surface area contributed by atoms with E-state index in [1.54, 1.807) is 11.3 Å². The Morgan fingerprint density at radius 3 is 2.89 bits per heavy atom. The van der Waals surface area contributed by atoms with Crippen molar-refractivity contribution in [1.29, 1.82) is 0 Å². The number of hydrogen-bond acceptors (Lipinski definition) is 4. The number of benzene rings is 1. The lowest BCUT2D eigenvalue weighted by atomic mass is 10.3. The molecule has 5 heteroatoms. The lowest BCUT2D eigenvalue weighted by molar-refractivity contribution is 0.978. The van der Waals surface area contributed by atoms with E-state index in [-0.39, 0.29) is 0 Å². The Labute approximate surface area is 124 Å². The molecule has 1 heterocycles. The molecule has 96 valence electrons. The molecule has 0 atom stereocenters. The first-order valence-electron chi connectivity index (χ1n) is 5.78. The zero-order chi connectivity index (χ0) is 13.0. The largest absolute Gasteiger partial charge is 0.326 e. The molecule has 1 aromatic heterocycles. The molecule has 1 aromatic carbocycles. The molecule has 0 spiro atoms. The van der Waals surface area contributed by atoms with Gasteiger partial charge in [-0.25, -0.2) is 4.98 Å². The normalized spacial score (nSPS) is 10.8. The van der Waals surface area contributed by atoms with E-state index in [4.69, 9.17) is 5.73 Å². The number of hydrogen-bond donors (Lipinski definition) is 1. The summed E-state index contributed by atoms with van der Waals surface area (Å²) in [7, 11) is 0. The van der Waals surface area contributed by atoms with Gasteiger partial charge in [-0.3, -0.25) is 0 Å². The smallest absolute Gasteiger partial charge is 0.103 e. The topological polar surface area (TPSA) is 38.9 Å². The molecular formula is C13H15BrN2S2. The van der Waals surface area contributed by atoms with Gasteiger partial charge >= 0.3 is 0 Å². The van der Waals surface area contributed by atoms with Crippen LogP contribution < -0.4 is 5.73 Å². The third-order valence-electron chi connectivity index (χ3n) is 2.50. The predicted octanol–water partition coefficient (Wildman–Crippen LogP) is 4.22. The Morgan fingerprint density at radius 1 is 1.44 bits per heavy atom. The first-order chi connectivity index (χ1) is 8.72. The quantitative estimate of drug-likeness (QED) is 0.826. The second-order valence-corrected chi connectivity index (χ2v) is 6.91. The summed E-state index contributed by atoms with van der Waals surface area (Å²) in [6, 6.07) is 8.34. The van der Waals surface area contributed by atoms with Gasteiger partial charge in [0.1, 0.15) is 5.01 Å². The lowest BCUT2D eigenvalue weighted by Crippen LogP contribution is -1.96. The van der Waals surface area contributed by atoms with Crippen LogP contribution in [0.4, 0.5) is 0 Å². The van der Waals surface area contributed by atoms with Crippen LogP contribution in [0, 0.1) is 0 Å². The molecule has 0 unspecified atom stereocenters. The van der Waals surface area contributed by atoms with Crippen molar-refractivity contribution in [3.05, 3.63) is 44.3 Å². The summed E-state index contributed by atoms with van der Waals surface area (Å²) in [4.78, 5) is 7.12. The Hall–Kier alpha value is -0.360. The fourth-order valence-corrected chi connectivity index (χ4v) is 4.17. The van der Waals surface area contributed by atoms with Crippen LogP contribution >= 0.6 is 39.0 Å². The van der Waals surface area contributed by atoms with Crippen molar-refractivity contribution in [2.24, 2.45) is 5.73 Å². The molecule has 2 N–H and O–H groups in total. The summed E-state index contributed by atoms with van der Waals surface area (Å²) in [6.07, 6.45) is 0.963. The van der Waals surface area contributed by atoms with Crippen LogP contribution in [0.1, 0.15) is 22.5 Å². The average molecular weight is 343 g/mol. The second-order valence-electron chi connectivity index (χ2n) is 3.78. The summed E-state index contributed by atoms with van der Waals surface area (Å²) in [6.45, 7) is 2.72. The second kappa shape index (κ2) is 6.70. The highest BCUT2D eigenvalue weighted by Crippen LogP contribution is 2.28. The number of thiazole rings is 1. The molecule has 0 bridgehead atoms. The molecule has 0 amide bonds. The maximum absolute atomic E-state index is 5.72. The van der Waals surface area contributed by atoms with Crippen molar-refractivity contribution < 1.29 is 0 Å². The molecule has 0 saturated carbocycles. The number of nitrogens with two attached hydrogens (primary N) is 1. The van der Waals surface area contributed by atoms with E-state index in [0.29, 0.717) is 6.54 Å². The average Bonchev–Trinajstić information content (AvgIpc) is 2.79. The highest BCUT2D eigenvalue weighted by molar-refractivity contribution is 9.10. The van der Waals surface area contributed by atoms with Gasteiger partial charge in [0, 0.05) is 20.8 Å². The van der Waals surface area contributed by atoms with Crippen molar-refractivity contribution in [3.8, 4) is 0 Å². The third kappa shape index (κ3) is 3.57. The summed E-state index contributed by atoms with van der Waals surface area (Å²) >= 11 is 7.03. The predicted molar refractivity (Wildman–Crippen MR) is 83.1 cm³/mol. The Kier molecular flexibility index (Phi) is 5.24. The lowest BCUT2D eigenvalue weighted by Gasteiger charge is -1.99. The number of nitrogens with zero attached hydrogens (tertiary/aromatic N) is 1. The standard InChI is InChI=1S/C13H15BrN2S2/c1-2-11-12(7-15)18-13(16-11)8-17-10-5-3-4-9(14)6-10/h3-6H,2,7-8,15H2,1H3. The van der Waals surface area contributed by atoms with E-state index in [0.717, 1.165) is 27.3 Å². The van der Waals surface area contributed by atoms with Gasteiger partial charge in [-0.15, -0.1) is 23.1 Å². The van der Waals surface area contributed by atoms with Gasteiger partial charge in [0.25, 0.3) is 0 Å². The monoisotopic (exact) mass is 342 g/mol. The fraction of sp³-hybridized carbons (Fsp3) is 0.308. The molecule has 0 saturated heterocycles. The van der Waals surface area contributed by atoms with Crippen LogP contribution in [0.5, 0.6) is 0 Å². The van der Waals surface area contributed by atoms with Crippen molar-refractivity contribution in [1.82, 2.24) is 4.98 Å². The van der Waals surface area contributed by atoms with Gasteiger partial charge in [-0.1, -0.05) is 28.9 Å². The first kappa shape index (κ1) is 14.1. The molecule has 2 rings (SSSR count). The van der Waals surface area contributed by atoms with E-state index >= 15 is 0 Å². The van der Waals surface area contributed by atoms with Crippen molar-refractivity contribution in [3.63, 3.8) is 0 Å². The van der Waals surface area contributed by atoms with Crippen molar-refractivity contribution in [2.45, 2.75) is 30.5 Å². The van der Waals surface area contributed by atoms with Crippen LogP contribution in [0.15, 0.2) is 33.6 Å². The third-order valence-corrected chi connectivity index (χ3v) is 5.30. The van der Waals surface area contributed by atoms with E-state index in [9.17, 15) is 0 Å². The van der Waals surface area contributed by atoms with Crippen LogP contribution in [0.2, 0.25) is 0 Å². The first-order valence-corrected chi connectivity index (χ1v) is 8.38. The summed E-state index contributed by atoms with van der Waals surface area (Å²) in [5.74, 6) is 0.911. The minimum Gasteiger partial charge on any atom is -0.326 e. The number of thioether (sulfide) groups is 1. The molecule has 0 fully saturated rings. The van der Waals surface area contributed by atoms with Crippen LogP contribution in [-0.4, -0.2) is 4.98 Å². The number of rotatable bonds is 5. The SMILES string of the molecule is CCc1nc(CSc2cccc(Br)c2)sc1CN. The van der Waals surface area contributed by atoms with Gasteiger partial charge in [0.15, 0.2) is 0 Å². The number of aryl methyl sites for hydroxylation is 1. The molecule has 0 aliphatic carbocycles. The zero-order valence-electron chi connectivity index (χ0n) is 10.1. The van der Waals surface area contributed by atoms with E-state index in [1.165, 1.54) is 9.77 Å². The van der Waals surface area contributed by atoms with E-state index in [1.807, 2.05) is 17.8 Å². The van der Waals surface area contributed by atoms with E-state index < -0.39 is 0 Å². The summed E-state index contributed by atoms with van der Waals surface area (Å²) in [5, 5.41) is 1.16. The van der Waals surface area contributed by atoms with Gasteiger partial charge < -0.3 is 5.73 Å².